The Bertz CT molecular complexity index is 747. The lowest BCUT2D eigenvalue weighted by Crippen LogP contribution is -2.63. The Morgan fingerprint density at radius 2 is 1.41 bits per heavy atom. The molecule has 32 heavy (non-hydrogen) atoms. The van der Waals surface area contributed by atoms with E-state index in [9.17, 15) is 47.9 Å². The van der Waals surface area contributed by atoms with Crippen LogP contribution in [-0.2, 0) is 10.1 Å². The van der Waals surface area contributed by atoms with Crippen LogP contribution in [0.25, 0.3) is 0 Å². The van der Waals surface area contributed by atoms with Gasteiger partial charge in [0, 0.05) is 13.1 Å². The summed E-state index contributed by atoms with van der Waals surface area (Å²) in [5.74, 6) is -14.7. The number of nitrogens with zero attached hydrogens (tertiary/aromatic N) is 1. The van der Waals surface area contributed by atoms with Gasteiger partial charge in [-0.1, -0.05) is 50.7 Å². The molecule has 0 saturated heterocycles. The minimum atomic E-state index is -7.37. The second-order valence-corrected chi connectivity index (χ2v) is 8.69. The van der Waals surface area contributed by atoms with Gasteiger partial charge in [-0.15, -0.1) is 0 Å². The number of unbranched alkanes of at least 4 members (excludes halogenated alkanes) is 5. The summed E-state index contributed by atoms with van der Waals surface area (Å²) in [6.45, 7) is 6.84. The van der Waals surface area contributed by atoms with E-state index in [1.807, 2.05) is 0 Å². The minimum absolute atomic E-state index is 1.13. The average molecular weight is 507 g/mol. The van der Waals surface area contributed by atoms with Crippen molar-refractivity contribution < 1.29 is 52.5 Å². The molecule has 0 amide bonds. The molecule has 0 aromatic carbocycles. The van der Waals surface area contributed by atoms with Gasteiger partial charge in [0.2, 0.25) is 0 Å². The number of hydrogen-bond acceptors (Lipinski definition) is 3. The van der Waals surface area contributed by atoms with Gasteiger partial charge in [0.05, 0.1) is 0 Å². The Labute approximate surface area is 180 Å². The fraction of sp³-hybridized carbons (Fsp3) is 0.778. The summed E-state index contributed by atoms with van der Waals surface area (Å²) in [7, 11) is -7.17. The lowest BCUT2D eigenvalue weighted by atomic mass is 10.1. The molecule has 4 nitrogen and oxygen atoms in total. The second-order valence-electron chi connectivity index (χ2n) is 7.23. The van der Waals surface area contributed by atoms with E-state index in [4.69, 9.17) is 4.55 Å². The molecule has 0 aliphatic carbocycles. The van der Waals surface area contributed by atoms with E-state index in [-0.39, 0.29) is 0 Å². The van der Waals surface area contributed by atoms with Crippen LogP contribution in [0, 0.1) is 0 Å². The molecule has 0 atom stereocenters. The van der Waals surface area contributed by atoms with Crippen LogP contribution in [0.3, 0.4) is 0 Å². The monoisotopic (exact) mass is 507 g/mol. The molecule has 0 aromatic rings. The first-order chi connectivity index (χ1) is 14.3. The summed E-state index contributed by atoms with van der Waals surface area (Å²) < 4.78 is 134. The van der Waals surface area contributed by atoms with Crippen LogP contribution >= 0.6 is 0 Å². The molecule has 14 heteroatoms. The van der Waals surface area contributed by atoms with E-state index in [0.717, 1.165) is 6.54 Å². The molecule has 0 fully saturated rings. The van der Waals surface area contributed by atoms with Crippen molar-refractivity contribution in [1.29, 1.82) is 0 Å². The zero-order valence-electron chi connectivity index (χ0n) is 17.4. The van der Waals surface area contributed by atoms with Gasteiger partial charge in [0.15, 0.2) is 0 Å². The summed E-state index contributed by atoms with van der Waals surface area (Å²) in [6, 6.07) is 0. The highest BCUT2D eigenvalue weighted by molar-refractivity contribution is 7.87. The van der Waals surface area contributed by atoms with Gasteiger partial charge in [-0.05, 0) is 25.6 Å². The van der Waals surface area contributed by atoms with Gasteiger partial charge in [-0.2, -0.15) is 47.9 Å². The molecule has 190 valence electrons. The second kappa shape index (κ2) is 11.6. The molecule has 1 aliphatic rings. The van der Waals surface area contributed by atoms with Gasteiger partial charge in [0.25, 0.3) is 0 Å². The zero-order valence-corrected chi connectivity index (χ0v) is 18.2. The highest BCUT2D eigenvalue weighted by Gasteiger charge is 2.85. The van der Waals surface area contributed by atoms with E-state index < -0.39 is 33.4 Å². The maximum atomic E-state index is 12.2. The van der Waals surface area contributed by atoms with Crippen LogP contribution in [-0.4, -0.2) is 54.2 Å². The van der Waals surface area contributed by atoms with E-state index in [0.29, 0.717) is 0 Å². The summed E-state index contributed by atoms with van der Waals surface area (Å²) >= 11 is 0. The van der Waals surface area contributed by atoms with Gasteiger partial charge >= 0.3 is 33.4 Å². The van der Waals surface area contributed by atoms with Crippen molar-refractivity contribution in [3.63, 3.8) is 0 Å². The van der Waals surface area contributed by atoms with Crippen molar-refractivity contribution >= 4 is 10.1 Å². The van der Waals surface area contributed by atoms with Gasteiger partial charge in [-0.25, -0.2) is 0 Å². The first-order valence-corrected chi connectivity index (χ1v) is 11.0. The molecule has 0 radical (unpaired) electrons. The predicted molar refractivity (Wildman–Crippen MR) is 100 cm³/mol. The van der Waals surface area contributed by atoms with E-state index >= 15 is 0 Å². The molecule has 0 spiro atoms. The number of rotatable bonds is 10. The Balaban J connectivity index is 0.000000604. The standard InChI is InChI=1S/C14H25N.C4HF9O3S/c1-3-4-5-6-7-8-11-15-12-9-10-14(2)13-15;5-1(6,3(9,10)11)2(7,8)4(12,13)17(14,15)16/h9-10,12H,3-8,11,13H2,1-2H3;(H,14,15,16). The Morgan fingerprint density at radius 1 is 0.906 bits per heavy atom. The normalized spacial score (nSPS) is 15.9. The van der Waals surface area contributed by atoms with Crippen molar-refractivity contribution in [3.8, 4) is 0 Å². The predicted octanol–water partition coefficient (Wildman–Crippen LogP) is 6.42. The van der Waals surface area contributed by atoms with Gasteiger partial charge in [-0.3, -0.25) is 4.55 Å². The van der Waals surface area contributed by atoms with Gasteiger partial charge < -0.3 is 4.90 Å². The van der Waals surface area contributed by atoms with E-state index in [1.54, 1.807) is 0 Å². The quantitative estimate of drug-likeness (QED) is 0.211. The maximum absolute atomic E-state index is 12.2. The first-order valence-electron chi connectivity index (χ1n) is 9.58. The van der Waals surface area contributed by atoms with E-state index in [1.165, 1.54) is 50.6 Å². The highest BCUT2D eigenvalue weighted by atomic mass is 32.2. The SMILES string of the molecule is CCCCCCCCN1C=CC=C(C)C1.O=S(=O)(O)C(F)(F)C(F)(F)C(F)(F)C(F)(F)F. The van der Waals surface area contributed by atoms with E-state index in [2.05, 4.69) is 37.1 Å². The molecule has 1 heterocycles. The number of hydrogen-bond donors (Lipinski definition) is 1. The van der Waals surface area contributed by atoms with Crippen molar-refractivity contribution in [3.05, 3.63) is 23.9 Å². The lowest BCUT2D eigenvalue weighted by Gasteiger charge is -2.31. The van der Waals surface area contributed by atoms with Crippen LogP contribution in [0.1, 0.15) is 52.4 Å². The van der Waals surface area contributed by atoms with Crippen molar-refractivity contribution in [2.24, 2.45) is 0 Å². The van der Waals surface area contributed by atoms with Crippen molar-refractivity contribution in [2.75, 3.05) is 13.1 Å². The van der Waals surface area contributed by atoms with Crippen LogP contribution in [0.2, 0.25) is 0 Å². The fourth-order valence-electron chi connectivity index (χ4n) is 2.53. The lowest BCUT2D eigenvalue weighted by molar-refractivity contribution is -0.382. The van der Waals surface area contributed by atoms with Crippen molar-refractivity contribution in [2.45, 2.75) is 75.6 Å². The van der Waals surface area contributed by atoms with Crippen LogP contribution in [0.4, 0.5) is 39.5 Å². The summed E-state index contributed by atoms with van der Waals surface area (Å²) in [5.41, 5.74) is 1.48. The summed E-state index contributed by atoms with van der Waals surface area (Å²) in [6.07, 6.45) is 7.79. The highest BCUT2D eigenvalue weighted by Crippen LogP contribution is 2.54. The summed E-state index contributed by atoms with van der Waals surface area (Å²) in [4.78, 5) is 2.43. The third-order valence-corrected chi connectivity index (χ3v) is 5.27. The molecule has 0 bridgehead atoms. The molecule has 1 aliphatic heterocycles. The third-order valence-electron chi connectivity index (χ3n) is 4.37. The number of allylic oxidation sites excluding steroid dienone is 2. The molecule has 1 rings (SSSR count). The third kappa shape index (κ3) is 7.85. The maximum Gasteiger partial charge on any atom is 0.460 e. The number of alkyl halides is 9. The van der Waals surface area contributed by atoms with Gasteiger partial charge in [0.1, 0.15) is 0 Å². The molecule has 0 unspecified atom stereocenters. The zero-order chi connectivity index (χ0) is 25.4. The molecule has 0 aromatic heterocycles. The average Bonchev–Trinajstić information content (AvgIpc) is 2.63. The van der Waals surface area contributed by atoms with Crippen LogP contribution < -0.4 is 0 Å². The first kappa shape index (κ1) is 30.6. The minimum Gasteiger partial charge on any atom is -0.373 e. The van der Waals surface area contributed by atoms with Crippen LogP contribution in [0.5, 0.6) is 0 Å². The smallest absolute Gasteiger partial charge is 0.373 e. The molecular formula is C18H26F9NO3S. The summed E-state index contributed by atoms with van der Waals surface area (Å²) in [5, 5.41) is -7.00. The van der Waals surface area contributed by atoms with Crippen molar-refractivity contribution in [1.82, 2.24) is 4.90 Å². The molecule has 0 saturated carbocycles. The molecule has 1 N–H and O–H groups in total. The molecular weight excluding hydrogens is 481 g/mol. The Morgan fingerprint density at radius 3 is 1.84 bits per heavy atom. The topological polar surface area (TPSA) is 57.6 Å². The Hall–Kier alpha value is -1.44. The van der Waals surface area contributed by atoms with Crippen LogP contribution in [0.15, 0.2) is 23.9 Å². The fourth-order valence-corrected chi connectivity index (χ4v) is 2.98. The largest absolute Gasteiger partial charge is 0.460 e. The number of halogens is 9. The Kier molecular flexibility index (Phi) is 11.1.